The molecule has 0 saturated carbocycles. The molecule has 3 nitrogen and oxygen atoms in total. The largest absolute Gasteiger partial charge is 0.391 e. The summed E-state index contributed by atoms with van der Waals surface area (Å²) in [5.74, 6) is 0. The van der Waals surface area contributed by atoms with E-state index >= 15 is 0 Å². The van der Waals surface area contributed by atoms with Crippen LogP contribution in [-0.4, -0.2) is 10.1 Å². The third-order valence-corrected chi connectivity index (χ3v) is 3.89. The van der Waals surface area contributed by atoms with E-state index in [4.69, 9.17) is 0 Å². The van der Waals surface area contributed by atoms with Gasteiger partial charge in [0.05, 0.1) is 6.61 Å². The van der Waals surface area contributed by atoms with Crippen molar-refractivity contribution in [1.82, 2.24) is 4.98 Å². The van der Waals surface area contributed by atoms with Gasteiger partial charge in [0.2, 0.25) is 0 Å². The van der Waals surface area contributed by atoms with Gasteiger partial charge in [-0.2, -0.15) is 0 Å². The lowest BCUT2D eigenvalue weighted by Gasteiger charge is -2.20. The SMILES string of the molecule is Cc1cc(C(C)(C)C)ccc1-c1cc(=O)c(CO)c(C)[nH]1. The second-order valence-electron chi connectivity index (χ2n) is 6.59. The number of aliphatic hydroxyl groups is 1. The molecule has 0 amide bonds. The van der Waals surface area contributed by atoms with Crippen molar-refractivity contribution >= 4 is 0 Å². The molecule has 0 atom stereocenters. The highest BCUT2D eigenvalue weighted by Gasteiger charge is 2.15. The third kappa shape index (κ3) is 3.08. The van der Waals surface area contributed by atoms with E-state index in [1.807, 2.05) is 6.92 Å². The molecule has 2 aromatic rings. The van der Waals surface area contributed by atoms with Gasteiger partial charge in [0.15, 0.2) is 5.43 Å². The number of H-pyrrole nitrogens is 1. The minimum Gasteiger partial charge on any atom is -0.391 e. The number of nitrogens with one attached hydrogen (secondary N) is 1. The van der Waals surface area contributed by atoms with E-state index in [-0.39, 0.29) is 17.5 Å². The van der Waals surface area contributed by atoms with Crippen LogP contribution in [0.25, 0.3) is 11.3 Å². The Morgan fingerprint density at radius 2 is 1.81 bits per heavy atom. The quantitative estimate of drug-likeness (QED) is 0.888. The highest BCUT2D eigenvalue weighted by atomic mass is 16.3. The zero-order chi connectivity index (χ0) is 15.8. The Hall–Kier alpha value is -1.87. The molecule has 0 aliphatic heterocycles. The Labute approximate surface area is 125 Å². The van der Waals surface area contributed by atoms with Gasteiger partial charge in [-0.05, 0) is 30.4 Å². The summed E-state index contributed by atoms with van der Waals surface area (Å²) >= 11 is 0. The summed E-state index contributed by atoms with van der Waals surface area (Å²) in [7, 11) is 0. The van der Waals surface area contributed by atoms with Crippen LogP contribution in [0.3, 0.4) is 0 Å². The van der Waals surface area contributed by atoms with Gasteiger partial charge in [-0.15, -0.1) is 0 Å². The molecular weight excluding hydrogens is 262 g/mol. The van der Waals surface area contributed by atoms with Gasteiger partial charge in [0, 0.05) is 28.6 Å². The monoisotopic (exact) mass is 285 g/mol. The van der Waals surface area contributed by atoms with Crippen LogP contribution in [0, 0.1) is 13.8 Å². The van der Waals surface area contributed by atoms with Crippen LogP contribution < -0.4 is 5.43 Å². The Balaban J connectivity index is 2.56. The number of aryl methyl sites for hydroxylation is 2. The molecule has 0 spiro atoms. The van der Waals surface area contributed by atoms with Gasteiger partial charge >= 0.3 is 0 Å². The Morgan fingerprint density at radius 1 is 1.14 bits per heavy atom. The summed E-state index contributed by atoms with van der Waals surface area (Å²) in [6.45, 7) is 10.2. The van der Waals surface area contributed by atoms with Crippen LogP contribution in [0.5, 0.6) is 0 Å². The van der Waals surface area contributed by atoms with Gasteiger partial charge < -0.3 is 10.1 Å². The van der Waals surface area contributed by atoms with Crippen LogP contribution in [0.4, 0.5) is 0 Å². The van der Waals surface area contributed by atoms with Gasteiger partial charge in [-0.25, -0.2) is 0 Å². The van der Waals surface area contributed by atoms with Crippen LogP contribution in [0.2, 0.25) is 0 Å². The van der Waals surface area contributed by atoms with Crippen LogP contribution in [0.15, 0.2) is 29.1 Å². The molecule has 0 fully saturated rings. The van der Waals surface area contributed by atoms with E-state index in [2.05, 4.69) is 50.9 Å². The first-order valence-corrected chi connectivity index (χ1v) is 7.19. The lowest BCUT2D eigenvalue weighted by atomic mass is 9.85. The summed E-state index contributed by atoms with van der Waals surface area (Å²) < 4.78 is 0. The van der Waals surface area contributed by atoms with Gasteiger partial charge in [-0.3, -0.25) is 4.79 Å². The van der Waals surface area contributed by atoms with Crippen LogP contribution in [0.1, 0.15) is 43.2 Å². The molecule has 0 unspecified atom stereocenters. The number of hydrogen-bond donors (Lipinski definition) is 2. The number of benzene rings is 1. The fourth-order valence-corrected chi connectivity index (χ4v) is 2.49. The molecule has 112 valence electrons. The number of aromatic nitrogens is 1. The first-order chi connectivity index (χ1) is 9.74. The maximum absolute atomic E-state index is 12.0. The molecule has 1 heterocycles. The third-order valence-electron chi connectivity index (χ3n) is 3.89. The Morgan fingerprint density at radius 3 is 2.29 bits per heavy atom. The predicted octanol–water partition coefficient (Wildman–Crippen LogP) is 3.45. The minimum absolute atomic E-state index is 0.105. The number of aliphatic hydroxyl groups excluding tert-OH is 1. The molecular formula is C18H23NO2. The molecule has 0 bridgehead atoms. The second-order valence-corrected chi connectivity index (χ2v) is 6.59. The van der Waals surface area contributed by atoms with Crippen molar-refractivity contribution < 1.29 is 5.11 Å². The zero-order valence-corrected chi connectivity index (χ0v) is 13.4. The second kappa shape index (κ2) is 5.49. The predicted molar refractivity (Wildman–Crippen MR) is 86.6 cm³/mol. The van der Waals surface area contributed by atoms with E-state index in [0.29, 0.717) is 5.56 Å². The van der Waals surface area contributed by atoms with Crippen LogP contribution >= 0.6 is 0 Å². The molecule has 0 saturated heterocycles. The number of aromatic amines is 1. The van der Waals surface area contributed by atoms with Crippen molar-refractivity contribution in [3.63, 3.8) is 0 Å². The van der Waals surface area contributed by atoms with Crippen molar-refractivity contribution in [3.05, 3.63) is 56.9 Å². The minimum atomic E-state index is -0.233. The highest BCUT2D eigenvalue weighted by Crippen LogP contribution is 2.28. The van der Waals surface area contributed by atoms with Crippen molar-refractivity contribution in [2.24, 2.45) is 0 Å². The van der Waals surface area contributed by atoms with E-state index < -0.39 is 0 Å². The topological polar surface area (TPSA) is 53.1 Å². The lowest BCUT2D eigenvalue weighted by molar-refractivity contribution is 0.279. The molecule has 1 aromatic carbocycles. The maximum Gasteiger partial charge on any atom is 0.187 e. The van der Waals surface area contributed by atoms with Crippen molar-refractivity contribution in [3.8, 4) is 11.3 Å². The first kappa shape index (κ1) is 15.5. The first-order valence-electron chi connectivity index (χ1n) is 7.19. The molecule has 0 aliphatic rings. The molecule has 2 rings (SSSR count). The molecule has 3 heteroatoms. The van der Waals surface area contributed by atoms with E-state index in [1.54, 1.807) is 6.07 Å². The maximum atomic E-state index is 12.0. The Kier molecular flexibility index (Phi) is 4.06. The fourth-order valence-electron chi connectivity index (χ4n) is 2.49. The summed E-state index contributed by atoms with van der Waals surface area (Å²) in [6.07, 6.45) is 0. The number of hydrogen-bond acceptors (Lipinski definition) is 2. The normalized spacial score (nSPS) is 11.7. The summed E-state index contributed by atoms with van der Waals surface area (Å²) in [4.78, 5) is 15.2. The number of pyridine rings is 1. The molecule has 1 aromatic heterocycles. The zero-order valence-electron chi connectivity index (χ0n) is 13.4. The van der Waals surface area contributed by atoms with E-state index in [0.717, 1.165) is 22.5 Å². The van der Waals surface area contributed by atoms with E-state index in [1.165, 1.54) is 5.56 Å². The molecule has 0 aliphatic carbocycles. The standard InChI is InChI=1S/C18H23NO2/c1-11-8-13(18(3,4)5)6-7-14(11)16-9-17(21)15(10-20)12(2)19-16/h6-9,20H,10H2,1-5H3,(H,19,21). The van der Waals surface area contributed by atoms with Gasteiger partial charge in [0.1, 0.15) is 0 Å². The summed E-state index contributed by atoms with van der Waals surface area (Å²) in [5, 5.41) is 9.22. The number of rotatable bonds is 2. The van der Waals surface area contributed by atoms with Crippen molar-refractivity contribution in [1.29, 1.82) is 0 Å². The van der Waals surface area contributed by atoms with Gasteiger partial charge in [-0.1, -0.05) is 39.0 Å². The van der Waals surface area contributed by atoms with Crippen molar-refractivity contribution in [2.45, 2.75) is 46.6 Å². The van der Waals surface area contributed by atoms with Crippen molar-refractivity contribution in [2.75, 3.05) is 0 Å². The highest BCUT2D eigenvalue weighted by molar-refractivity contribution is 5.64. The average Bonchev–Trinajstić information content (AvgIpc) is 2.37. The Bertz CT molecular complexity index is 721. The fraction of sp³-hybridized carbons (Fsp3) is 0.389. The smallest absolute Gasteiger partial charge is 0.187 e. The molecule has 21 heavy (non-hydrogen) atoms. The van der Waals surface area contributed by atoms with Crippen LogP contribution in [-0.2, 0) is 12.0 Å². The molecule has 2 N–H and O–H groups in total. The lowest BCUT2D eigenvalue weighted by Crippen LogP contribution is -2.13. The van der Waals surface area contributed by atoms with E-state index in [9.17, 15) is 9.90 Å². The van der Waals surface area contributed by atoms with Gasteiger partial charge in [0.25, 0.3) is 0 Å². The average molecular weight is 285 g/mol. The molecule has 0 radical (unpaired) electrons. The summed E-state index contributed by atoms with van der Waals surface area (Å²) in [6, 6.07) is 7.90. The summed E-state index contributed by atoms with van der Waals surface area (Å²) in [5.41, 5.74) is 5.36.